The molecule has 0 aliphatic rings. The predicted octanol–water partition coefficient (Wildman–Crippen LogP) is 2.34. The smallest absolute Gasteiger partial charge is 0.256 e. The van der Waals surface area contributed by atoms with Crippen LogP contribution >= 0.6 is 24.4 Å². The van der Waals surface area contributed by atoms with Crippen LogP contribution in [0, 0.1) is 0 Å². The van der Waals surface area contributed by atoms with Gasteiger partial charge in [0.25, 0.3) is 10.3 Å². The molecule has 17 heavy (non-hydrogen) atoms. The number of hydrogen-bond acceptors (Lipinski definition) is 2. The zero-order valence-electron chi connectivity index (χ0n) is 10.8. The molecule has 0 radical (unpaired) electrons. The Kier molecular flexibility index (Phi) is 18.2. The molecule has 0 heterocycles. The van der Waals surface area contributed by atoms with Crippen molar-refractivity contribution in [1.82, 2.24) is 9.80 Å². The van der Waals surface area contributed by atoms with Crippen molar-refractivity contribution in [1.29, 1.82) is 0 Å². The Balaban J connectivity index is -0.000000218. The van der Waals surface area contributed by atoms with E-state index in [4.69, 9.17) is 10.2 Å². The van der Waals surface area contributed by atoms with Crippen molar-refractivity contribution < 1.29 is 27.3 Å². The van der Waals surface area contributed by atoms with Crippen LogP contribution < -0.4 is 0 Å². The summed E-state index contributed by atoms with van der Waals surface area (Å²) in [5, 5.41) is 17.3. The Morgan fingerprint density at radius 2 is 0.941 bits per heavy atom. The Morgan fingerprint density at radius 1 is 0.765 bits per heavy atom. The van der Waals surface area contributed by atoms with Gasteiger partial charge in [0, 0.05) is 43.2 Å². The summed E-state index contributed by atoms with van der Waals surface area (Å²) in [6.45, 7) is 10.9. The molecule has 0 aromatic rings. The van der Waals surface area contributed by atoms with Crippen LogP contribution in [0.5, 0.6) is 0 Å². The molecule has 0 bridgehead atoms. The van der Waals surface area contributed by atoms with Gasteiger partial charge in [-0.3, -0.25) is 0 Å². The molecule has 0 unspecified atom stereocenters. The predicted molar refractivity (Wildman–Crippen MR) is 76.3 cm³/mol. The van der Waals surface area contributed by atoms with Crippen LogP contribution in [0.4, 0.5) is 0 Å². The fourth-order valence-electron chi connectivity index (χ4n) is 0.988. The zero-order valence-corrected chi connectivity index (χ0v) is 13.5. The maximum Gasteiger partial charge on any atom is 0.256 e. The molecule has 7 heteroatoms. The van der Waals surface area contributed by atoms with Crippen LogP contribution in [0.25, 0.3) is 0 Å². The third-order valence-corrected chi connectivity index (χ3v) is 2.58. The summed E-state index contributed by atoms with van der Waals surface area (Å²) in [6, 6.07) is 0. The Morgan fingerprint density at radius 3 is 0.941 bits per heavy atom. The van der Waals surface area contributed by atoms with E-state index in [1.165, 1.54) is 0 Å². The minimum Gasteiger partial charge on any atom is -0.487 e. The van der Waals surface area contributed by atoms with E-state index in [2.05, 4.69) is 24.4 Å². The molecular weight excluding hydrogens is 300 g/mol. The summed E-state index contributed by atoms with van der Waals surface area (Å²) < 4.78 is 0. The second-order valence-corrected chi connectivity index (χ2v) is 3.64. The summed E-state index contributed by atoms with van der Waals surface area (Å²) >= 11 is 8.99. The van der Waals surface area contributed by atoms with Gasteiger partial charge in [0.05, 0.1) is 0 Å². The molecule has 0 aromatic heterocycles. The van der Waals surface area contributed by atoms with Crippen molar-refractivity contribution in [3.05, 3.63) is 0 Å². The van der Waals surface area contributed by atoms with E-state index >= 15 is 0 Å². The molecule has 0 amide bonds. The van der Waals surface area contributed by atoms with Gasteiger partial charge < -0.3 is 20.0 Å². The monoisotopic (exact) mass is 322 g/mol. The number of thiocarbonyl (C=S) groups is 2. The summed E-state index contributed by atoms with van der Waals surface area (Å²) in [6.07, 6.45) is 0. The second kappa shape index (κ2) is 14.0. The summed E-state index contributed by atoms with van der Waals surface area (Å²) in [4.78, 5) is 3.41. The Hall–Kier alpha value is -0.101. The Bertz CT molecular complexity index is 188. The van der Waals surface area contributed by atoms with Gasteiger partial charge in [-0.05, 0) is 52.1 Å². The molecule has 0 aliphatic heterocycles. The fraction of sp³-hybridized carbons (Fsp3) is 0.800. The van der Waals surface area contributed by atoms with E-state index in [9.17, 15) is 0 Å². The molecule has 2 N–H and O–H groups in total. The van der Waals surface area contributed by atoms with E-state index in [1.54, 1.807) is 9.80 Å². The number of rotatable bonds is 4. The van der Waals surface area contributed by atoms with Crippen LogP contribution in [0.2, 0.25) is 0 Å². The van der Waals surface area contributed by atoms with Crippen molar-refractivity contribution in [3.63, 3.8) is 0 Å². The third-order valence-electron chi connectivity index (χ3n) is 2.07. The topological polar surface area (TPSA) is 46.9 Å². The molecule has 0 aliphatic carbocycles. The van der Waals surface area contributed by atoms with Crippen molar-refractivity contribution in [2.45, 2.75) is 27.7 Å². The van der Waals surface area contributed by atoms with Gasteiger partial charge in [0.1, 0.15) is 0 Å². The van der Waals surface area contributed by atoms with Crippen LogP contribution in [-0.4, -0.2) is 56.5 Å². The number of hydrogen-bond donors (Lipinski definition) is 2. The van der Waals surface area contributed by atoms with Gasteiger partial charge in [-0.25, -0.2) is 0 Å². The van der Waals surface area contributed by atoms with Gasteiger partial charge in [0.15, 0.2) is 0 Å². The van der Waals surface area contributed by atoms with E-state index in [-0.39, 0.29) is 27.4 Å². The van der Waals surface area contributed by atoms with Gasteiger partial charge >= 0.3 is 0 Å². The molecule has 0 aromatic carbocycles. The molecule has 4 nitrogen and oxygen atoms in total. The fourth-order valence-corrected chi connectivity index (χ4v) is 1.50. The SMILES string of the molecule is CCN(CC)C(O)=S.CCN(CC)C(O)=S.[Fe]. The minimum atomic E-state index is -0.00463. The average Bonchev–Trinajstić information content (AvgIpc) is 2.21. The van der Waals surface area contributed by atoms with Gasteiger partial charge in [0.2, 0.25) is 0 Å². The first-order valence-electron chi connectivity index (χ1n) is 5.40. The summed E-state index contributed by atoms with van der Waals surface area (Å²) in [5.74, 6) is 0. The molecule has 104 valence electrons. The van der Waals surface area contributed by atoms with Crippen LogP contribution in [0.15, 0.2) is 0 Å². The molecule has 0 fully saturated rings. The van der Waals surface area contributed by atoms with E-state index in [1.807, 2.05) is 27.7 Å². The van der Waals surface area contributed by atoms with Crippen molar-refractivity contribution in [3.8, 4) is 0 Å². The maximum atomic E-state index is 8.67. The van der Waals surface area contributed by atoms with Gasteiger partial charge in [-0.1, -0.05) is 0 Å². The van der Waals surface area contributed by atoms with Gasteiger partial charge in [-0.15, -0.1) is 0 Å². The van der Waals surface area contributed by atoms with Crippen LogP contribution in [0.3, 0.4) is 0 Å². The summed E-state index contributed by atoms with van der Waals surface area (Å²) in [5.41, 5.74) is 0. The molecular formula is C10H22FeN2O2S2. The van der Waals surface area contributed by atoms with Crippen LogP contribution in [0.1, 0.15) is 27.7 Å². The first-order chi connectivity index (χ1) is 7.44. The average molecular weight is 322 g/mol. The third kappa shape index (κ3) is 12.2. The maximum absolute atomic E-state index is 8.67. The normalized spacial score (nSPS) is 8.24. The van der Waals surface area contributed by atoms with Crippen molar-refractivity contribution in [2.24, 2.45) is 0 Å². The second-order valence-electron chi connectivity index (χ2n) is 2.91. The standard InChI is InChI=1S/2C5H11NOS.Fe/c2*1-3-6(4-2)5(7)8;/h2*3-4H2,1-2H3,(H,7,8);. The van der Waals surface area contributed by atoms with Crippen molar-refractivity contribution in [2.75, 3.05) is 26.2 Å². The molecule has 0 atom stereocenters. The van der Waals surface area contributed by atoms with Gasteiger partial charge in [-0.2, -0.15) is 0 Å². The Labute approximate surface area is 125 Å². The van der Waals surface area contributed by atoms with E-state index in [0.717, 1.165) is 26.2 Å². The largest absolute Gasteiger partial charge is 0.487 e. The number of nitrogens with zero attached hydrogens (tertiary/aromatic N) is 2. The van der Waals surface area contributed by atoms with Crippen LogP contribution in [-0.2, 0) is 17.1 Å². The molecule has 0 spiro atoms. The first kappa shape index (κ1) is 22.1. The van der Waals surface area contributed by atoms with E-state index in [0.29, 0.717) is 0 Å². The quantitative estimate of drug-likeness (QED) is 0.612. The minimum absolute atomic E-state index is 0. The number of aliphatic hydroxyl groups excluding tert-OH is 2. The molecule has 0 saturated heterocycles. The molecule has 0 saturated carbocycles. The zero-order chi connectivity index (χ0) is 13.1. The van der Waals surface area contributed by atoms with E-state index < -0.39 is 0 Å². The number of aliphatic hydroxyl groups is 2. The first-order valence-corrected chi connectivity index (χ1v) is 6.21. The summed E-state index contributed by atoms with van der Waals surface area (Å²) in [7, 11) is 0. The molecule has 0 rings (SSSR count). The van der Waals surface area contributed by atoms with Crippen molar-refractivity contribution >= 4 is 34.8 Å².